The van der Waals surface area contributed by atoms with Crippen LogP contribution < -0.4 is 0 Å². The normalized spacial score (nSPS) is 11.4. The highest BCUT2D eigenvalue weighted by molar-refractivity contribution is 5.35. The zero-order chi connectivity index (χ0) is 13.1. The summed E-state index contributed by atoms with van der Waals surface area (Å²) in [6, 6.07) is 18.8. The lowest BCUT2D eigenvalue weighted by Crippen LogP contribution is -2.37. The van der Waals surface area contributed by atoms with Gasteiger partial charge in [-0.3, -0.25) is 0 Å². The molecule has 19 heavy (non-hydrogen) atoms. The van der Waals surface area contributed by atoms with Gasteiger partial charge in [-0.2, -0.15) is 10.2 Å². The van der Waals surface area contributed by atoms with Crippen LogP contribution >= 0.6 is 0 Å². The second-order valence-corrected chi connectivity index (χ2v) is 4.22. The Kier molecular flexibility index (Phi) is 2.85. The lowest BCUT2D eigenvalue weighted by atomic mass is 9.95. The highest BCUT2D eigenvalue weighted by Gasteiger charge is 2.35. The molecule has 1 heterocycles. The Morgan fingerprint density at radius 1 is 0.737 bits per heavy atom. The van der Waals surface area contributed by atoms with Crippen LogP contribution in [-0.2, 0) is 5.72 Å². The first-order valence-electron chi connectivity index (χ1n) is 6.02. The number of hydrogen-bond donors (Lipinski definition) is 1. The van der Waals surface area contributed by atoms with Gasteiger partial charge < -0.3 is 5.11 Å². The smallest absolute Gasteiger partial charge is 0.229 e. The summed E-state index contributed by atoms with van der Waals surface area (Å²) in [5.41, 5.74) is 0.0428. The van der Waals surface area contributed by atoms with Crippen molar-refractivity contribution in [3.8, 4) is 0 Å². The standard InChI is InChI=1S/C15H13N3O/c19-15(18-16-11-12-17-18,13-7-3-1-4-8-13)14-9-5-2-6-10-14/h1-12,19H. The minimum absolute atomic E-state index is 0.720. The van der Waals surface area contributed by atoms with Crippen molar-refractivity contribution < 1.29 is 5.11 Å². The van der Waals surface area contributed by atoms with Crippen LogP contribution in [0.1, 0.15) is 11.1 Å². The van der Waals surface area contributed by atoms with E-state index in [2.05, 4.69) is 10.2 Å². The number of aliphatic hydroxyl groups is 1. The molecular weight excluding hydrogens is 238 g/mol. The van der Waals surface area contributed by atoms with E-state index < -0.39 is 5.72 Å². The molecule has 0 bridgehead atoms. The number of benzene rings is 2. The molecule has 0 unspecified atom stereocenters. The van der Waals surface area contributed by atoms with Gasteiger partial charge in [-0.1, -0.05) is 60.7 Å². The molecule has 4 heteroatoms. The first-order valence-corrected chi connectivity index (χ1v) is 6.02. The lowest BCUT2D eigenvalue weighted by Gasteiger charge is -2.28. The third-order valence-electron chi connectivity index (χ3n) is 3.06. The Morgan fingerprint density at radius 2 is 1.16 bits per heavy atom. The van der Waals surface area contributed by atoms with Crippen molar-refractivity contribution in [1.82, 2.24) is 15.0 Å². The molecule has 0 aliphatic rings. The van der Waals surface area contributed by atoms with Crippen molar-refractivity contribution >= 4 is 0 Å². The zero-order valence-corrected chi connectivity index (χ0v) is 10.2. The molecule has 0 saturated carbocycles. The second kappa shape index (κ2) is 4.66. The molecule has 2 aromatic carbocycles. The average molecular weight is 251 g/mol. The summed E-state index contributed by atoms with van der Waals surface area (Å²) in [4.78, 5) is 1.32. The summed E-state index contributed by atoms with van der Waals surface area (Å²) >= 11 is 0. The van der Waals surface area contributed by atoms with Gasteiger partial charge in [0.05, 0.1) is 12.4 Å². The molecule has 0 aliphatic carbocycles. The Hall–Kier alpha value is -2.46. The molecule has 0 spiro atoms. The molecule has 0 saturated heterocycles. The third kappa shape index (κ3) is 1.92. The third-order valence-corrected chi connectivity index (χ3v) is 3.06. The fraction of sp³-hybridized carbons (Fsp3) is 0.0667. The van der Waals surface area contributed by atoms with Crippen molar-refractivity contribution in [3.63, 3.8) is 0 Å². The van der Waals surface area contributed by atoms with E-state index in [0.717, 1.165) is 11.1 Å². The van der Waals surface area contributed by atoms with Crippen molar-refractivity contribution in [1.29, 1.82) is 0 Å². The molecule has 0 aliphatic heterocycles. The van der Waals surface area contributed by atoms with E-state index in [1.807, 2.05) is 60.7 Å². The van der Waals surface area contributed by atoms with E-state index in [1.54, 1.807) is 12.4 Å². The van der Waals surface area contributed by atoms with Crippen LogP contribution in [0.2, 0.25) is 0 Å². The molecule has 1 N–H and O–H groups in total. The summed E-state index contributed by atoms with van der Waals surface area (Å²) in [6.07, 6.45) is 3.10. The maximum absolute atomic E-state index is 11.2. The zero-order valence-electron chi connectivity index (χ0n) is 10.2. The lowest BCUT2D eigenvalue weighted by molar-refractivity contribution is 0.0214. The minimum Gasteiger partial charge on any atom is -0.361 e. The maximum atomic E-state index is 11.2. The molecule has 0 atom stereocenters. The SMILES string of the molecule is OC(c1ccccc1)(c1ccccc1)n1nccn1. The van der Waals surface area contributed by atoms with Crippen LogP contribution in [0, 0.1) is 0 Å². The summed E-state index contributed by atoms with van der Waals surface area (Å²) in [7, 11) is 0. The van der Waals surface area contributed by atoms with E-state index >= 15 is 0 Å². The molecule has 4 nitrogen and oxygen atoms in total. The van der Waals surface area contributed by atoms with E-state index in [9.17, 15) is 5.11 Å². The molecule has 3 aromatic rings. The van der Waals surface area contributed by atoms with Crippen molar-refractivity contribution in [2.75, 3.05) is 0 Å². The fourth-order valence-corrected chi connectivity index (χ4v) is 2.12. The molecule has 94 valence electrons. The molecule has 0 fully saturated rings. The van der Waals surface area contributed by atoms with Crippen molar-refractivity contribution in [3.05, 3.63) is 84.2 Å². The average Bonchev–Trinajstić information content (AvgIpc) is 3.03. The first-order chi connectivity index (χ1) is 9.32. The van der Waals surface area contributed by atoms with E-state index in [0.29, 0.717) is 0 Å². The Labute approximate surface area is 111 Å². The number of hydrogen-bond acceptors (Lipinski definition) is 3. The van der Waals surface area contributed by atoms with Crippen LogP contribution in [0.15, 0.2) is 73.1 Å². The van der Waals surface area contributed by atoms with Crippen LogP contribution in [-0.4, -0.2) is 20.1 Å². The van der Waals surface area contributed by atoms with Crippen LogP contribution in [0.5, 0.6) is 0 Å². The number of rotatable bonds is 3. The van der Waals surface area contributed by atoms with Gasteiger partial charge in [0.2, 0.25) is 5.72 Å². The van der Waals surface area contributed by atoms with Crippen molar-refractivity contribution in [2.24, 2.45) is 0 Å². The van der Waals surface area contributed by atoms with Crippen LogP contribution in [0.4, 0.5) is 0 Å². The first kappa shape index (κ1) is 11.6. The van der Waals surface area contributed by atoms with Gasteiger partial charge in [0.1, 0.15) is 0 Å². The van der Waals surface area contributed by atoms with Crippen molar-refractivity contribution in [2.45, 2.75) is 5.72 Å². The van der Waals surface area contributed by atoms with E-state index in [4.69, 9.17) is 0 Å². The van der Waals surface area contributed by atoms with Crippen LogP contribution in [0.3, 0.4) is 0 Å². The van der Waals surface area contributed by atoms with Gasteiger partial charge in [0.15, 0.2) is 0 Å². The summed E-state index contributed by atoms with van der Waals surface area (Å²) in [5, 5.41) is 19.3. The Bertz CT molecular complexity index is 596. The molecule has 3 rings (SSSR count). The molecular formula is C15H13N3O. The summed E-state index contributed by atoms with van der Waals surface area (Å²) in [6.45, 7) is 0. The second-order valence-electron chi connectivity index (χ2n) is 4.22. The van der Waals surface area contributed by atoms with E-state index in [-0.39, 0.29) is 0 Å². The monoisotopic (exact) mass is 251 g/mol. The molecule has 0 amide bonds. The van der Waals surface area contributed by atoms with Gasteiger partial charge >= 0.3 is 0 Å². The summed E-state index contributed by atoms with van der Waals surface area (Å²) in [5.74, 6) is 0. The Balaban J connectivity index is 2.23. The minimum atomic E-state index is -1.40. The van der Waals surface area contributed by atoms with Gasteiger partial charge in [-0.05, 0) is 0 Å². The Morgan fingerprint density at radius 3 is 1.58 bits per heavy atom. The van der Waals surface area contributed by atoms with Gasteiger partial charge in [-0.25, -0.2) is 0 Å². The van der Waals surface area contributed by atoms with Crippen LogP contribution in [0.25, 0.3) is 0 Å². The predicted molar refractivity (Wildman–Crippen MR) is 71.3 cm³/mol. The highest BCUT2D eigenvalue weighted by Crippen LogP contribution is 2.29. The van der Waals surface area contributed by atoms with Gasteiger partial charge in [0, 0.05) is 11.1 Å². The number of nitrogens with zero attached hydrogens (tertiary/aromatic N) is 3. The fourth-order valence-electron chi connectivity index (χ4n) is 2.12. The van der Waals surface area contributed by atoms with Gasteiger partial charge in [-0.15, -0.1) is 4.80 Å². The van der Waals surface area contributed by atoms with Gasteiger partial charge in [0.25, 0.3) is 0 Å². The van der Waals surface area contributed by atoms with E-state index in [1.165, 1.54) is 4.80 Å². The topological polar surface area (TPSA) is 50.9 Å². The quantitative estimate of drug-likeness (QED) is 0.774. The maximum Gasteiger partial charge on any atom is 0.229 e. The predicted octanol–water partition coefficient (Wildman–Crippen LogP) is 2.02. The molecule has 1 aromatic heterocycles. The highest BCUT2D eigenvalue weighted by atomic mass is 16.3. The summed E-state index contributed by atoms with van der Waals surface area (Å²) < 4.78 is 0. The molecule has 0 radical (unpaired) electrons. The number of aromatic nitrogens is 3. The largest absolute Gasteiger partial charge is 0.361 e.